The molecule has 2 rings (SSSR count). The molecule has 0 aromatic carbocycles. The van der Waals surface area contributed by atoms with E-state index in [0.717, 1.165) is 32.6 Å². The van der Waals surface area contributed by atoms with Gasteiger partial charge in [0.05, 0.1) is 0 Å². The Hall–Kier alpha value is -1.30. The average molecular weight is 282 g/mol. The number of rotatable bonds is 3. The normalized spacial score (nSPS) is 27.8. The van der Waals surface area contributed by atoms with E-state index in [2.05, 4.69) is 10.1 Å². The van der Waals surface area contributed by atoms with Gasteiger partial charge < -0.3 is 15.8 Å². The summed E-state index contributed by atoms with van der Waals surface area (Å²) in [6, 6.07) is 0.481. The number of carbonyl (C=O) groups excluding carboxylic acids is 1. The molecule has 0 aliphatic carbocycles. The number of nitrogens with two attached hydrogens (primary N) is 1. The smallest absolute Gasteiger partial charge is 0.236 e. The standard InChI is InChI=1S/C14H26N4O2/c1-3-14(2,12(15)16-20)13(19)18-9-8-17-7-5-4-6-11(17)10-18/h11,20H,3-10H2,1-2H3,(H2,15,16). The number of amides is 1. The Balaban J connectivity index is 2.09. The lowest BCUT2D eigenvalue weighted by Gasteiger charge is -2.45. The molecule has 0 radical (unpaired) electrons. The Morgan fingerprint density at radius 1 is 1.40 bits per heavy atom. The molecule has 2 unspecified atom stereocenters. The Kier molecular flexibility index (Phi) is 4.52. The van der Waals surface area contributed by atoms with E-state index >= 15 is 0 Å². The molecule has 3 N–H and O–H groups in total. The fourth-order valence-corrected chi connectivity index (χ4v) is 3.24. The number of nitrogens with zero attached hydrogens (tertiary/aromatic N) is 3. The van der Waals surface area contributed by atoms with E-state index in [0.29, 0.717) is 12.5 Å². The molecule has 0 aromatic rings. The Bertz CT molecular complexity index is 399. The predicted octanol–water partition coefficient (Wildman–Crippen LogP) is 0.846. The highest BCUT2D eigenvalue weighted by molar-refractivity contribution is 6.06. The van der Waals surface area contributed by atoms with Crippen molar-refractivity contribution >= 4 is 11.7 Å². The van der Waals surface area contributed by atoms with Gasteiger partial charge in [-0.1, -0.05) is 18.5 Å². The van der Waals surface area contributed by atoms with Gasteiger partial charge in [-0.2, -0.15) is 0 Å². The third-order valence-electron chi connectivity index (χ3n) is 4.98. The fourth-order valence-electron chi connectivity index (χ4n) is 3.24. The first-order valence-electron chi connectivity index (χ1n) is 7.54. The van der Waals surface area contributed by atoms with Crippen LogP contribution in [-0.4, -0.2) is 59.0 Å². The van der Waals surface area contributed by atoms with Crippen molar-refractivity contribution in [1.29, 1.82) is 0 Å². The number of hydrogen-bond donors (Lipinski definition) is 2. The van der Waals surface area contributed by atoms with Crippen molar-refractivity contribution < 1.29 is 10.0 Å². The third-order valence-corrected chi connectivity index (χ3v) is 4.98. The van der Waals surface area contributed by atoms with Crippen LogP contribution in [0.1, 0.15) is 39.5 Å². The molecule has 0 bridgehead atoms. The molecule has 2 aliphatic rings. The number of oxime groups is 1. The number of fused-ring (bicyclic) bond motifs is 1. The quantitative estimate of drug-likeness (QED) is 0.348. The maximum atomic E-state index is 12.8. The predicted molar refractivity (Wildman–Crippen MR) is 77.6 cm³/mol. The van der Waals surface area contributed by atoms with Crippen molar-refractivity contribution in [2.24, 2.45) is 16.3 Å². The van der Waals surface area contributed by atoms with Gasteiger partial charge in [-0.25, -0.2) is 0 Å². The lowest BCUT2D eigenvalue weighted by Crippen LogP contribution is -2.60. The van der Waals surface area contributed by atoms with Crippen LogP contribution in [0.2, 0.25) is 0 Å². The van der Waals surface area contributed by atoms with Crippen LogP contribution >= 0.6 is 0 Å². The molecule has 6 heteroatoms. The van der Waals surface area contributed by atoms with Crippen LogP contribution in [0, 0.1) is 5.41 Å². The summed E-state index contributed by atoms with van der Waals surface area (Å²) in [6.07, 6.45) is 4.21. The summed E-state index contributed by atoms with van der Waals surface area (Å²) in [5.41, 5.74) is 4.85. The van der Waals surface area contributed by atoms with Crippen molar-refractivity contribution in [2.75, 3.05) is 26.2 Å². The van der Waals surface area contributed by atoms with Gasteiger partial charge in [0.25, 0.3) is 0 Å². The largest absolute Gasteiger partial charge is 0.409 e. The van der Waals surface area contributed by atoms with Crippen LogP contribution in [0.4, 0.5) is 0 Å². The number of amidine groups is 1. The minimum Gasteiger partial charge on any atom is -0.409 e. The molecule has 114 valence electrons. The topological polar surface area (TPSA) is 82.2 Å². The van der Waals surface area contributed by atoms with E-state index in [1.54, 1.807) is 6.92 Å². The molecule has 1 amide bonds. The first kappa shape index (κ1) is 15.1. The van der Waals surface area contributed by atoms with Crippen molar-refractivity contribution in [2.45, 2.75) is 45.6 Å². The van der Waals surface area contributed by atoms with Gasteiger partial charge in [0.2, 0.25) is 5.91 Å². The van der Waals surface area contributed by atoms with Gasteiger partial charge in [0.1, 0.15) is 5.41 Å². The molecule has 0 saturated carbocycles. The van der Waals surface area contributed by atoms with Crippen LogP contribution in [0.5, 0.6) is 0 Å². The minimum absolute atomic E-state index is 0.0103. The Labute approximate surface area is 120 Å². The average Bonchev–Trinajstić information content (AvgIpc) is 2.52. The van der Waals surface area contributed by atoms with Crippen LogP contribution in [0.3, 0.4) is 0 Å². The van der Waals surface area contributed by atoms with Gasteiger partial charge in [0.15, 0.2) is 5.84 Å². The highest BCUT2D eigenvalue weighted by atomic mass is 16.4. The SMILES string of the molecule is CCC(C)(C(=O)N1CCN2CCCCC2C1)C(N)=NO. The first-order chi connectivity index (χ1) is 9.52. The number of carbonyl (C=O) groups is 1. The molecule has 2 fully saturated rings. The lowest BCUT2D eigenvalue weighted by molar-refractivity contribution is -0.141. The minimum atomic E-state index is -0.897. The summed E-state index contributed by atoms with van der Waals surface area (Å²) in [5, 5.41) is 12.0. The monoisotopic (exact) mass is 282 g/mol. The molecule has 20 heavy (non-hydrogen) atoms. The zero-order chi connectivity index (χ0) is 14.8. The van der Waals surface area contributed by atoms with Crippen LogP contribution in [0.15, 0.2) is 5.16 Å². The van der Waals surface area contributed by atoms with E-state index in [1.807, 2.05) is 11.8 Å². The highest BCUT2D eigenvalue weighted by Crippen LogP contribution is 2.28. The Morgan fingerprint density at radius 3 is 2.80 bits per heavy atom. The van der Waals surface area contributed by atoms with Gasteiger partial charge in [-0.15, -0.1) is 0 Å². The van der Waals surface area contributed by atoms with Gasteiger partial charge in [-0.05, 0) is 32.7 Å². The van der Waals surface area contributed by atoms with E-state index < -0.39 is 5.41 Å². The first-order valence-corrected chi connectivity index (χ1v) is 7.54. The Morgan fingerprint density at radius 2 is 2.15 bits per heavy atom. The van der Waals surface area contributed by atoms with Crippen molar-refractivity contribution in [3.05, 3.63) is 0 Å². The summed E-state index contributed by atoms with van der Waals surface area (Å²) in [5.74, 6) is -0.00315. The second-order valence-electron chi connectivity index (χ2n) is 6.11. The van der Waals surface area contributed by atoms with E-state index in [9.17, 15) is 4.79 Å². The summed E-state index contributed by atoms with van der Waals surface area (Å²) >= 11 is 0. The second kappa shape index (κ2) is 5.99. The summed E-state index contributed by atoms with van der Waals surface area (Å²) in [6.45, 7) is 7.26. The van der Waals surface area contributed by atoms with Crippen LogP contribution < -0.4 is 5.73 Å². The van der Waals surface area contributed by atoms with Crippen LogP contribution in [-0.2, 0) is 4.79 Å². The van der Waals surface area contributed by atoms with Crippen LogP contribution in [0.25, 0.3) is 0 Å². The molecular formula is C14H26N4O2. The summed E-state index contributed by atoms with van der Waals surface area (Å²) < 4.78 is 0. The molecule has 6 nitrogen and oxygen atoms in total. The van der Waals surface area contributed by atoms with Crippen molar-refractivity contribution in [1.82, 2.24) is 9.80 Å². The molecule has 2 atom stereocenters. The van der Waals surface area contributed by atoms with Gasteiger partial charge in [0, 0.05) is 25.7 Å². The van der Waals surface area contributed by atoms with Crippen molar-refractivity contribution in [3.63, 3.8) is 0 Å². The molecular weight excluding hydrogens is 256 g/mol. The number of hydrogen-bond acceptors (Lipinski definition) is 4. The summed E-state index contributed by atoms with van der Waals surface area (Å²) in [4.78, 5) is 17.1. The fraction of sp³-hybridized carbons (Fsp3) is 0.857. The maximum absolute atomic E-state index is 12.8. The van der Waals surface area contributed by atoms with E-state index in [1.165, 1.54) is 12.8 Å². The number of piperazine rings is 1. The third kappa shape index (κ3) is 2.61. The second-order valence-corrected chi connectivity index (χ2v) is 6.11. The molecule has 2 saturated heterocycles. The zero-order valence-corrected chi connectivity index (χ0v) is 12.5. The van der Waals surface area contributed by atoms with E-state index in [-0.39, 0.29) is 11.7 Å². The van der Waals surface area contributed by atoms with Gasteiger partial charge in [-0.3, -0.25) is 9.69 Å². The zero-order valence-electron chi connectivity index (χ0n) is 12.5. The maximum Gasteiger partial charge on any atom is 0.236 e. The van der Waals surface area contributed by atoms with Gasteiger partial charge >= 0.3 is 0 Å². The summed E-state index contributed by atoms with van der Waals surface area (Å²) in [7, 11) is 0. The molecule has 0 spiro atoms. The van der Waals surface area contributed by atoms with E-state index in [4.69, 9.17) is 10.9 Å². The molecule has 0 aromatic heterocycles. The molecule has 2 aliphatic heterocycles. The lowest BCUT2D eigenvalue weighted by atomic mass is 9.84. The highest BCUT2D eigenvalue weighted by Gasteiger charge is 2.42. The van der Waals surface area contributed by atoms with Crippen molar-refractivity contribution in [3.8, 4) is 0 Å². The number of piperidine rings is 1. The molecule has 2 heterocycles.